The second-order valence-electron chi connectivity index (χ2n) is 18.1. The van der Waals surface area contributed by atoms with Crippen LogP contribution in [0.2, 0.25) is 0 Å². The van der Waals surface area contributed by atoms with Gasteiger partial charge in [-0.25, -0.2) is 30.0 Å². The zero-order valence-electron chi connectivity index (χ0n) is 46.3. The molecule has 0 aliphatic carbocycles. The molecule has 78 heavy (non-hydrogen) atoms. The number of amides is 2. The van der Waals surface area contributed by atoms with Gasteiger partial charge in [0.15, 0.2) is 47.1 Å². The maximum atomic E-state index is 15.8. The van der Waals surface area contributed by atoms with E-state index in [1.54, 1.807) is 34.6 Å². The van der Waals surface area contributed by atoms with Crippen molar-refractivity contribution in [3.8, 4) is 6.07 Å². The third-order valence-corrected chi connectivity index (χ3v) is 13.2. The van der Waals surface area contributed by atoms with Crippen molar-refractivity contribution < 1.29 is 63.0 Å². The van der Waals surface area contributed by atoms with Gasteiger partial charge in [0.2, 0.25) is 30.3 Å². The van der Waals surface area contributed by atoms with Gasteiger partial charge >= 0.3 is 16.5 Å². The van der Waals surface area contributed by atoms with Gasteiger partial charge in [-0.1, -0.05) is 62.8 Å². The second-order valence-corrected chi connectivity index (χ2v) is 20.2. The molecule has 10 atom stereocenters. The number of nitrogens with one attached hydrogen (secondary N) is 4. The number of hydrogen-bond acceptors (Lipinski definition) is 16. The zero-order valence-corrected chi connectivity index (χ0v) is 49.2. The molecule has 0 spiro atoms. The molecular formula is C50H83F2N13NiO10P2. The Morgan fingerprint density at radius 3 is 1.69 bits per heavy atom. The first-order valence-electron chi connectivity index (χ1n) is 25.3. The number of imidazole rings is 2. The summed E-state index contributed by atoms with van der Waals surface area (Å²) in [5.74, 6) is -1.37. The molecule has 2 fully saturated rings. The number of hydrogen-bond donors (Lipinski definition) is 5. The maximum Gasteiger partial charge on any atom is 2.00 e. The van der Waals surface area contributed by atoms with E-state index < -0.39 is 68.9 Å². The predicted molar refractivity (Wildman–Crippen MR) is 297 cm³/mol. The smallest absolute Gasteiger partial charge is 0.385 e. The third-order valence-electron chi connectivity index (χ3n) is 10.6. The molecule has 2 unspecified atom stereocenters. The number of aliphatic hydroxyl groups excluding tert-OH is 1. The van der Waals surface area contributed by atoms with Crippen molar-refractivity contribution in [3.63, 3.8) is 0 Å². The van der Waals surface area contributed by atoms with Crippen LogP contribution >= 0.6 is 17.3 Å². The summed E-state index contributed by atoms with van der Waals surface area (Å²) < 4.78 is 63.5. The Bertz CT molecular complexity index is 2580. The molecule has 28 heteroatoms. The molecule has 2 aliphatic heterocycles. The average Bonchev–Trinajstić information content (AvgIpc) is 4.13. The Morgan fingerprint density at radius 1 is 0.872 bits per heavy atom. The van der Waals surface area contributed by atoms with E-state index in [0.29, 0.717) is 34.7 Å². The van der Waals surface area contributed by atoms with Crippen LogP contribution in [0, 0.1) is 43.6 Å². The minimum atomic E-state index is -1.76. The molecule has 2 saturated heterocycles. The normalized spacial score (nSPS) is 20.8. The molecule has 0 saturated carbocycles. The van der Waals surface area contributed by atoms with Crippen LogP contribution in [0.15, 0.2) is 22.2 Å². The molecule has 0 aromatic carbocycles. The zero-order chi connectivity index (χ0) is 57.4. The van der Waals surface area contributed by atoms with Gasteiger partial charge in [0.1, 0.15) is 18.8 Å². The molecule has 6 rings (SSSR count). The molecule has 2 amide bonds. The van der Waals surface area contributed by atoms with Crippen LogP contribution in [-0.4, -0.2) is 136 Å². The predicted octanol–water partition coefficient (Wildman–Crippen LogP) is 8.98. The van der Waals surface area contributed by atoms with Gasteiger partial charge in [0, 0.05) is 32.7 Å². The molecule has 0 bridgehead atoms. The summed E-state index contributed by atoms with van der Waals surface area (Å²) in [6.07, 6.45) is -3.20. The Morgan fingerprint density at radius 2 is 1.31 bits per heavy atom. The number of aliphatic hydroxyl groups is 1. The molecule has 0 radical (unpaired) electrons. The van der Waals surface area contributed by atoms with E-state index in [4.69, 9.17) is 34.9 Å². The number of anilines is 2. The summed E-state index contributed by atoms with van der Waals surface area (Å²) in [6.45, 7) is 39.3. The molecule has 4 aromatic heterocycles. The number of halogens is 2. The molecule has 4 aromatic rings. The minimum Gasteiger partial charge on any atom is -0.385 e. The molecular weight excluding hydrogens is 1100 g/mol. The van der Waals surface area contributed by atoms with E-state index in [1.807, 2.05) is 65.9 Å². The summed E-state index contributed by atoms with van der Waals surface area (Å²) in [5, 5.41) is 23.2. The van der Waals surface area contributed by atoms with E-state index in [1.165, 1.54) is 21.8 Å². The Hall–Kier alpha value is -4.45. The summed E-state index contributed by atoms with van der Waals surface area (Å²) in [4.78, 5) is 73.8. The fraction of sp³-hybridized carbons (Fsp3) is 0.680. The first kappa shape index (κ1) is 73.6. The van der Waals surface area contributed by atoms with Gasteiger partial charge in [-0.15, -0.1) is 0 Å². The summed E-state index contributed by atoms with van der Waals surface area (Å²) in [7, 11) is -1.25. The molecule has 6 heterocycles. The van der Waals surface area contributed by atoms with Crippen LogP contribution in [0.25, 0.3) is 27.2 Å². The van der Waals surface area contributed by atoms with Crippen molar-refractivity contribution in [1.29, 1.82) is 5.26 Å². The largest absolute Gasteiger partial charge is 2.00 e. The number of alkyl halides is 2. The van der Waals surface area contributed by atoms with Crippen LogP contribution in [0.1, 0.15) is 135 Å². The number of aromatic nitrogens is 8. The Labute approximate surface area is 471 Å². The third kappa shape index (κ3) is 20.9. The van der Waals surface area contributed by atoms with E-state index in [9.17, 15) is 28.7 Å². The summed E-state index contributed by atoms with van der Waals surface area (Å²) in [5.41, 5.74) is -0.865. The van der Waals surface area contributed by atoms with Gasteiger partial charge < -0.3 is 46.8 Å². The Kier molecular flexibility index (Phi) is 35.3. The monoisotopic (exact) mass is 1180 g/mol. The minimum absolute atomic E-state index is 0. The summed E-state index contributed by atoms with van der Waals surface area (Å²) >= 11 is 0. The van der Waals surface area contributed by atoms with Crippen molar-refractivity contribution >= 4 is 63.4 Å². The first-order chi connectivity index (χ1) is 36.1. The average molecular weight is 1180 g/mol. The number of nitrogens with zero attached hydrogens (tertiary/aromatic N) is 9. The second kappa shape index (κ2) is 37.5. The fourth-order valence-corrected chi connectivity index (χ4v) is 9.11. The van der Waals surface area contributed by atoms with E-state index >= 15 is 4.39 Å². The topological polar surface area (TPSA) is 283 Å². The van der Waals surface area contributed by atoms with Crippen LogP contribution in [-0.2, 0) is 49.1 Å². The number of carbonyl (C=O) groups excluding carboxylic acids is 2. The number of aromatic amines is 2. The summed E-state index contributed by atoms with van der Waals surface area (Å²) in [6, 6.07) is 2.03. The molecule has 442 valence electrons. The van der Waals surface area contributed by atoms with Crippen molar-refractivity contribution in [3.05, 3.63) is 58.6 Å². The fourth-order valence-electron chi connectivity index (χ4n) is 7.08. The van der Waals surface area contributed by atoms with Crippen LogP contribution in [0.3, 0.4) is 0 Å². The van der Waals surface area contributed by atoms with E-state index in [0.717, 1.165) is 12.8 Å². The number of nitriles is 1. The van der Waals surface area contributed by atoms with E-state index in [2.05, 4.69) is 59.2 Å². The van der Waals surface area contributed by atoms with Gasteiger partial charge in [-0.3, -0.25) is 48.9 Å². The number of H-pyrrole nitrogens is 2. The van der Waals surface area contributed by atoms with Gasteiger partial charge in [-0.2, -0.15) is 28.1 Å². The van der Waals surface area contributed by atoms with Crippen molar-refractivity contribution in [2.24, 2.45) is 11.8 Å². The number of ether oxygens (including phenoxy) is 2. The van der Waals surface area contributed by atoms with Crippen molar-refractivity contribution in [2.75, 3.05) is 37.1 Å². The quantitative estimate of drug-likeness (QED) is 0.0253. The molecule has 23 nitrogen and oxygen atoms in total. The number of carbonyl (C=O) groups is 2. The van der Waals surface area contributed by atoms with Crippen LogP contribution in [0.5, 0.6) is 0 Å². The first-order valence-corrected chi connectivity index (χ1v) is 27.9. The number of rotatable bonds is 19. The van der Waals surface area contributed by atoms with E-state index in [-0.39, 0.29) is 107 Å². The van der Waals surface area contributed by atoms with Crippen LogP contribution < -0.4 is 21.8 Å². The molecule has 5 N–H and O–H groups in total. The van der Waals surface area contributed by atoms with Crippen molar-refractivity contribution in [2.45, 2.75) is 184 Å². The SMILES string of the molecule is C.CC[C@H]1O[C@@H](n2cnc3c(=O)[nH]c(NC(=O)C(C)C)nc32)[C@H](O)[C@@H]1F.CPOCCC#N.[C-]#[N+]CCOP(O[C@@H]1[C@H](F)[C@@H](CC)O[C@H]1n1cnc2c(=O)[nH]c(NC(=O)C(C)C)nc21)N(C(C)C)C(C)C.[CH2-]CC.[CH2-]CC.[Ni+2]. The molecule has 2 aliphatic rings. The van der Waals surface area contributed by atoms with Crippen molar-refractivity contribution in [1.82, 2.24) is 43.7 Å². The standard InChI is InChI=1S/C24H37FN7O5P.C15H20FN5O4.C4H8NOP.2C3H7.CH4.Ni/c1-9-16-17(25)19(37-38(35-11-10-26-8)32(14(4)5)15(6)7)23(36-16)31-12-27-18-20(31)28-24(30-22(18)34)29-21(33)13(2)3;1-4-7-8(16)10(22)14(25-7)21-5-17-9-11(21)18-15(20-13(9)24)19-12(23)6(2)3;1-7-6-4-2-3-5;2*1-3-2;;/h12-17,19,23H,9-11H2,1-7H3,(H2,28,29,30,33,34);5-8,10,14,22H,4H2,1-3H3,(H2,18,19,20,23,24);7H,2,4H2,1H3;2*1,3H2,2H3;1H4;/q;;;2*-1;;+2/t16-,17-,19-,23-,38?;7-,8-,10-,14-;;;;;/m11...../s1. The Balaban J connectivity index is 0.00000127. The van der Waals surface area contributed by atoms with Gasteiger partial charge in [0.25, 0.3) is 19.6 Å². The maximum absolute atomic E-state index is 15.8. The van der Waals surface area contributed by atoms with Gasteiger partial charge in [-0.05, 0) is 47.2 Å². The van der Waals surface area contributed by atoms with Gasteiger partial charge in [0.05, 0.1) is 44.0 Å². The number of fused-ring (bicyclic) bond motifs is 2. The van der Waals surface area contributed by atoms with Crippen LogP contribution in [0.4, 0.5) is 20.7 Å².